The van der Waals surface area contributed by atoms with Gasteiger partial charge in [-0.25, -0.2) is 4.39 Å². The summed E-state index contributed by atoms with van der Waals surface area (Å²) >= 11 is 7.23. The Labute approximate surface area is 114 Å². The fraction of sp³-hybridized carbons (Fsp3) is 0.333. The first-order valence-corrected chi connectivity index (χ1v) is 6.57. The first-order valence-electron chi connectivity index (χ1n) is 5.42. The van der Waals surface area contributed by atoms with Crippen LogP contribution in [0.5, 0.6) is 0 Å². The molecule has 1 N–H and O–H groups in total. The molecule has 0 aliphatic heterocycles. The number of nitrogens with one attached hydrogen (secondary N) is 1. The molecule has 0 radical (unpaired) electrons. The van der Waals surface area contributed by atoms with Gasteiger partial charge in [0.25, 0.3) is 0 Å². The van der Waals surface area contributed by atoms with Gasteiger partial charge in [0.1, 0.15) is 5.82 Å². The first-order chi connectivity index (χ1) is 8.35. The molecular formula is C12H13ClFN3S. The minimum Gasteiger partial charge on any atom is -0.356 e. The third-order valence-electron chi connectivity index (χ3n) is 2.08. The summed E-state index contributed by atoms with van der Waals surface area (Å²) in [6, 6.07) is 4.19. The molecule has 96 valence electrons. The van der Waals surface area contributed by atoms with Gasteiger partial charge in [0, 0.05) is 22.6 Å². The molecule has 1 heterocycles. The predicted molar refractivity (Wildman–Crippen MR) is 73.7 cm³/mol. The molecule has 1 aromatic heterocycles. The van der Waals surface area contributed by atoms with Gasteiger partial charge >= 0.3 is 0 Å². The highest BCUT2D eigenvalue weighted by molar-refractivity contribution is 7.09. The smallest absolute Gasteiger partial charge is 0.203 e. The number of rotatable bonds is 2. The van der Waals surface area contributed by atoms with Crippen LogP contribution in [0.4, 0.5) is 9.52 Å². The summed E-state index contributed by atoms with van der Waals surface area (Å²) in [7, 11) is 0. The molecule has 0 saturated heterocycles. The SMILES string of the molecule is CC(C)(C)Nc1nc(-c2ccc(F)cc2Cl)ns1. The van der Waals surface area contributed by atoms with Crippen molar-refractivity contribution in [3.05, 3.63) is 29.0 Å². The standard InChI is InChI=1S/C12H13ClFN3S/c1-12(2,3)16-11-15-10(17-18-11)8-5-4-7(14)6-9(8)13/h4-6H,1-3H3,(H,15,16,17). The number of halogens is 2. The van der Waals surface area contributed by atoms with Crippen molar-refractivity contribution in [2.45, 2.75) is 26.3 Å². The van der Waals surface area contributed by atoms with Crippen LogP contribution in [0.2, 0.25) is 5.02 Å². The van der Waals surface area contributed by atoms with Crippen molar-refractivity contribution >= 4 is 28.3 Å². The summed E-state index contributed by atoms with van der Waals surface area (Å²) in [6.07, 6.45) is 0. The van der Waals surface area contributed by atoms with E-state index in [9.17, 15) is 4.39 Å². The second kappa shape index (κ2) is 4.82. The Morgan fingerprint density at radius 2 is 2.06 bits per heavy atom. The van der Waals surface area contributed by atoms with Crippen LogP contribution in [-0.2, 0) is 0 Å². The van der Waals surface area contributed by atoms with E-state index in [-0.39, 0.29) is 11.4 Å². The lowest BCUT2D eigenvalue weighted by molar-refractivity contribution is 0.628. The third kappa shape index (κ3) is 3.17. The predicted octanol–water partition coefficient (Wildman–Crippen LogP) is 4.21. The topological polar surface area (TPSA) is 37.8 Å². The van der Waals surface area contributed by atoms with Gasteiger partial charge in [0.2, 0.25) is 5.13 Å². The molecule has 3 nitrogen and oxygen atoms in total. The number of anilines is 1. The fourth-order valence-electron chi connectivity index (χ4n) is 1.38. The summed E-state index contributed by atoms with van der Waals surface area (Å²) in [5, 5.41) is 4.27. The minimum atomic E-state index is -0.369. The van der Waals surface area contributed by atoms with Gasteiger partial charge in [-0.3, -0.25) is 0 Å². The van der Waals surface area contributed by atoms with Crippen molar-refractivity contribution in [1.29, 1.82) is 0 Å². The van der Waals surface area contributed by atoms with Crippen LogP contribution >= 0.6 is 23.1 Å². The van der Waals surface area contributed by atoms with Gasteiger partial charge < -0.3 is 5.32 Å². The average molecular weight is 286 g/mol. The van der Waals surface area contributed by atoms with Crippen molar-refractivity contribution in [2.75, 3.05) is 5.32 Å². The van der Waals surface area contributed by atoms with Gasteiger partial charge in [-0.2, -0.15) is 9.36 Å². The second-order valence-electron chi connectivity index (χ2n) is 4.92. The van der Waals surface area contributed by atoms with Crippen LogP contribution in [0.25, 0.3) is 11.4 Å². The van der Waals surface area contributed by atoms with E-state index in [0.29, 0.717) is 16.4 Å². The molecule has 18 heavy (non-hydrogen) atoms. The Morgan fingerprint density at radius 3 is 2.67 bits per heavy atom. The van der Waals surface area contributed by atoms with Crippen molar-refractivity contribution in [3.8, 4) is 11.4 Å². The molecule has 0 aliphatic carbocycles. The van der Waals surface area contributed by atoms with Crippen molar-refractivity contribution in [3.63, 3.8) is 0 Å². The Bertz CT molecular complexity index is 563. The van der Waals surface area contributed by atoms with Crippen molar-refractivity contribution in [2.24, 2.45) is 0 Å². The minimum absolute atomic E-state index is 0.0800. The van der Waals surface area contributed by atoms with Gasteiger partial charge in [-0.05, 0) is 39.0 Å². The van der Waals surface area contributed by atoms with Crippen LogP contribution in [-0.4, -0.2) is 14.9 Å². The van der Waals surface area contributed by atoms with Crippen LogP contribution in [0, 0.1) is 5.82 Å². The quantitative estimate of drug-likeness (QED) is 0.898. The fourth-order valence-corrected chi connectivity index (χ4v) is 2.42. The van der Waals surface area contributed by atoms with E-state index in [4.69, 9.17) is 11.6 Å². The monoisotopic (exact) mass is 285 g/mol. The van der Waals surface area contributed by atoms with Gasteiger partial charge in [0.15, 0.2) is 5.82 Å². The molecule has 0 saturated carbocycles. The summed E-state index contributed by atoms with van der Waals surface area (Å²) in [5.74, 6) is 0.142. The highest BCUT2D eigenvalue weighted by Crippen LogP contribution is 2.29. The van der Waals surface area contributed by atoms with E-state index >= 15 is 0 Å². The maximum absolute atomic E-state index is 13.0. The van der Waals surface area contributed by atoms with Crippen LogP contribution < -0.4 is 5.32 Å². The molecule has 1 aromatic carbocycles. The van der Waals surface area contributed by atoms with E-state index in [2.05, 4.69) is 14.7 Å². The zero-order valence-electron chi connectivity index (χ0n) is 10.3. The highest BCUT2D eigenvalue weighted by atomic mass is 35.5. The summed E-state index contributed by atoms with van der Waals surface area (Å²) in [4.78, 5) is 4.35. The van der Waals surface area contributed by atoms with Crippen LogP contribution in [0.3, 0.4) is 0 Å². The first kappa shape index (κ1) is 13.2. The molecule has 0 fully saturated rings. The Morgan fingerprint density at radius 1 is 1.33 bits per heavy atom. The molecule has 0 bridgehead atoms. The third-order valence-corrected chi connectivity index (χ3v) is 3.02. The molecular weight excluding hydrogens is 273 g/mol. The summed E-state index contributed by atoms with van der Waals surface area (Å²) in [6.45, 7) is 6.12. The normalized spacial score (nSPS) is 11.6. The zero-order chi connectivity index (χ0) is 13.3. The highest BCUT2D eigenvalue weighted by Gasteiger charge is 2.15. The summed E-state index contributed by atoms with van der Waals surface area (Å²) < 4.78 is 17.2. The average Bonchev–Trinajstić information content (AvgIpc) is 2.63. The Balaban J connectivity index is 2.29. The lowest BCUT2D eigenvalue weighted by Crippen LogP contribution is -2.25. The molecule has 2 rings (SSSR count). The van der Waals surface area contributed by atoms with Gasteiger partial charge in [0.05, 0.1) is 5.02 Å². The molecule has 0 amide bonds. The Hall–Kier alpha value is -1.20. The van der Waals surface area contributed by atoms with E-state index in [1.165, 1.54) is 23.7 Å². The van der Waals surface area contributed by atoms with E-state index in [1.54, 1.807) is 6.07 Å². The number of hydrogen-bond acceptors (Lipinski definition) is 4. The lowest BCUT2D eigenvalue weighted by Gasteiger charge is -2.18. The van der Waals surface area contributed by atoms with Gasteiger partial charge in [-0.1, -0.05) is 11.6 Å². The maximum atomic E-state index is 13.0. The van der Waals surface area contributed by atoms with Crippen molar-refractivity contribution in [1.82, 2.24) is 9.36 Å². The second-order valence-corrected chi connectivity index (χ2v) is 6.08. The summed E-state index contributed by atoms with van der Waals surface area (Å²) in [5.41, 5.74) is 0.555. The number of hydrogen-bond donors (Lipinski definition) is 1. The molecule has 0 aliphatic rings. The van der Waals surface area contributed by atoms with Gasteiger partial charge in [-0.15, -0.1) is 0 Å². The Kier molecular flexibility index (Phi) is 3.54. The van der Waals surface area contributed by atoms with Crippen LogP contribution in [0.1, 0.15) is 20.8 Å². The number of nitrogens with zero attached hydrogens (tertiary/aromatic N) is 2. The maximum Gasteiger partial charge on any atom is 0.203 e. The molecule has 0 spiro atoms. The molecule has 0 atom stereocenters. The van der Waals surface area contributed by atoms with Crippen molar-refractivity contribution < 1.29 is 4.39 Å². The number of benzene rings is 1. The molecule has 2 aromatic rings. The molecule has 0 unspecified atom stereocenters. The molecule has 6 heteroatoms. The zero-order valence-corrected chi connectivity index (χ0v) is 11.9. The van der Waals surface area contributed by atoms with Crippen LogP contribution in [0.15, 0.2) is 18.2 Å². The lowest BCUT2D eigenvalue weighted by atomic mass is 10.1. The number of aromatic nitrogens is 2. The van der Waals surface area contributed by atoms with E-state index < -0.39 is 0 Å². The van der Waals surface area contributed by atoms with E-state index in [1.807, 2.05) is 20.8 Å². The largest absolute Gasteiger partial charge is 0.356 e. The van der Waals surface area contributed by atoms with E-state index in [0.717, 1.165) is 5.13 Å².